The van der Waals surface area contributed by atoms with Crippen LogP contribution in [0.2, 0.25) is 0 Å². The number of hydrogen-bond acceptors (Lipinski definition) is 7. The van der Waals surface area contributed by atoms with Crippen LogP contribution in [0.25, 0.3) is 0 Å². The highest BCUT2D eigenvalue weighted by Crippen LogP contribution is 2.28. The Morgan fingerprint density at radius 3 is 2.44 bits per heavy atom. The number of likely N-dealkylation sites (tertiary alicyclic amines) is 1. The van der Waals surface area contributed by atoms with E-state index in [0.717, 1.165) is 42.7 Å². The molecule has 1 aliphatic heterocycles. The highest BCUT2D eigenvalue weighted by Gasteiger charge is 2.30. The number of anilines is 3. The number of nitrogens with zero attached hydrogens (tertiary/aromatic N) is 3. The maximum Gasteiger partial charge on any atom is 0.326 e. The Bertz CT molecular complexity index is 1620. The van der Waals surface area contributed by atoms with Crippen LogP contribution in [0.4, 0.5) is 30.6 Å². The zero-order valence-electron chi connectivity index (χ0n) is 23.1. The standard InChI is InChI=1S/C29H29F2N5O4S2.ClH/c1-42(38,39)34-22-4-6-25(7-5-22)40-28-9-2-20(17-32-28)18-35-13-10-23(11-14-35)36(24-12-15-41-19-24)29(37)33-27-8-3-21(30)16-26(27)31;/h2-9,12,15-17,19,23,34H,10-11,13-14,18H2,1H3,(H,33,37);1H. The van der Waals surface area contributed by atoms with Crippen LogP contribution in [0.3, 0.4) is 0 Å². The van der Waals surface area contributed by atoms with Gasteiger partial charge >= 0.3 is 6.03 Å². The van der Waals surface area contributed by atoms with Crippen LogP contribution < -0.4 is 19.7 Å². The number of amides is 2. The maximum atomic E-state index is 14.2. The molecule has 0 spiro atoms. The molecule has 0 saturated carbocycles. The number of rotatable bonds is 9. The van der Waals surface area contributed by atoms with Crippen molar-refractivity contribution >= 4 is 56.9 Å². The maximum absolute atomic E-state index is 14.2. The number of sulfonamides is 1. The fourth-order valence-electron chi connectivity index (χ4n) is 4.74. The SMILES string of the molecule is CS(=O)(=O)Nc1ccc(Oc2ccc(CN3CCC(N(C(=O)Nc4ccc(F)cc4F)c4ccsc4)CC3)cn2)cc1.Cl. The molecule has 14 heteroatoms. The summed E-state index contributed by atoms with van der Waals surface area (Å²) in [5.74, 6) is -0.594. The largest absolute Gasteiger partial charge is 0.439 e. The lowest BCUT2D eigenvalue weighted by Crippen LogP contribution is -2.49. The van der Waals surface area contributed by atoms with Crippen molar-refractivity contribution in [1.82, 2.24) is 9.88 Å². The van der Waals surface area contributed by atoms with Crippen molar-refractivity contribution in [2.24, 2.45) is 0 Å². The highest BCUT2D eigenvalue weighted by atomic mass is 35.5. The molecular weight excluding hydrogens is 620 g/mol. The summed E-state index contributed by atoms with van der Waals surface area (Å²) in [5, 5.41) is 6.36. The van der Waals surface area contributed by atoms with Crippen LogP contribution in [0, 0.1) is 11.6 Å². The van der Waals surface area contributed by atoms with Gasteiger partial charge in [0.1, 0.15) is 17.4 Å². The van der Waals surface area contributed by atoms with E-state index in [0.29, 0.717) is 36.7 Å². The predicted octanol–water partition coefficient (Wildman–Crippen LogP) is 6.71. The van der Waals surface area contributed by atoms with Crippen molar-refractivity contribution in [1.29, 1.82) is 0 Å². The molecule has 1 fully saturated rings. The van der Waals surface area contributed by atoms with E-state index in [-0.39, 0.29) is 24.1 Å². The Hall–Kier alpha value is -3.78. The number of halogens is 3. The first-order valence-electron chi connectivity index (χ1n) is 13.1. The number of piperidine rings is 1. The number of carbonyl (C=O) groups is 1. The Labute approximate surface area is 259 Å². The minimum atomic E-state index is -3.35. The fraction of sp³-hybridized carbons (Fsp3) is 0.241. The first-order chi connectivity index (χ1) is 20.1. The third-order valence-corrected chi connectivity index (χ3v) is 7.96. The average molecular weight is 650 g/mol. The summed E-state index contributed by atoms with van der Waals surface area (Å²) in [6.07, 6.45) is 4.27. The highest BCUT2D eigenvalue weighted by molar-refractivity contribution is 7.92. The van der Waals surface area contributed by atoms with Crippen molar-refractivity contribution < 1.29 is 26.7 Å². The molecule has 43 heavy (non-hydrogen) atoms. The molecule has 3 heterocycles. The Morgan fingerprint density at radius 2 is 1.84 bits per heavy atom. The number of nitrogens with one attached hydrogen (secondary N) is 2. The number of hydrogen-bond donors (Lipinski definition) is 2. The second kappa shape index (κ2) is 14.1. The van der Waals surface area contributed by atoms with Gasteiger partial charge in [-0.3, -0.25) is 14.5 Å². The molecule has 228 valence electrons. The zero-order chi connectivity index (χ0) is 29.7. The predicted molar refractivity (Wildman–Crippen MR) is 167 cm³/mol. The van der Waals surface area contributed by atoms with Gasteiger partial charge in [0.15, 0.2) is 0 Å². The normalized spacial score (nSPS) is 14.0. The molecule has 2 aromatic heterocycles. The Morgan fingerprint density at radius 1 is 1.09 bits per heavy atom. The lowest BCUT2D eigenvalue weighted by Gasteiger charge is -2.38. The van der Waals surface area contributed by atoms with Crippen LogP contribution in [-0.4, -0.2) is 49.7 Å². The Kier molecular flexibility index (Phi) is 10.6. The minimum Gasteiger partial charge on any atom is -0.439 e. The number of aromatic nitrogens is 1. The first kappa shape index (κ1) is 32.1. The van der Waals surface area contributed by atoms with E-state index in [4.69, 9.17) is 4.74 Å². The second-order valence-electron chi connectivity index (χ2n) is 9.92. The van der Waals surface area contributed by atoms with Crippen LogP contribution in [-0.2, 0) is 16.6 Å². The number of benzene rings is 2. The van der Waals surface area contributed by atoms with Gasteiger partial charge < -0.3 is 10.1 Å². The van der Waals surface area contributed by atoms with Gasteiger partial charge in [0.2, 0.25) is 15.9 Å². The van der Waals surface area contributed by atoms with Crippen molar-refractivity contribution in [2.75, 3.05) is 34.3 Å². The molecule has 0 atom stereocenters. The van der Waals surface area contributed by atoms with Gasteiger partial charge in [-0.2, -0.15) is 11.3 Å². The third-order valence-electron chi connectivity index (χ3n) is 6.68. The molecule has 1 saturated heterocycles. The quantitative estimate of drug-likeness (QED) is 0.209. The lowest BCUT2D eigenvalue weighted by atomic mass is 10.0. The van der Waals surface area contributed by atoms with E-state index >= 15 is 0 Å². The minimum absolute atomic E-state index is 0. The monoisotopic (exact) mass is 649 g/mol. The van der Waals surface area contributed by atoms with Crippen molar-refractivity contribution in [3.8, 4) is 11.6 Å². The van der Waals surface area contributed by atoms with Gasteiger partial charge in [0.05, 0.1) is 17.6 Å². The van der Waals surface area contributed by atoms with Crippen LogP contribution in [0.1, 0.15) is 18.4 Å². The van der Waals surface area contributed by atoms with Gasteiger partial charge in [-0.1, -0.05) is 6.07 Å². The van der Waals surface area contributed by atoms with E-state index in [2.05, 4.69) is 19.9 Å². The van der Waals surface area contributed by atoms with Gasteiger partial charge in [-0.05, 0) is 66.2 Å². The summed E-state index contributed by atoms with van der Waals surface area (Å²) >= 11 is 1.47. The Balaban J connectivity index is 0.00000423. The molecule has 2 aromatic carbocycles. The summed E-state index contributed by atoms with van der Waals surface area (Å²) in [4.78, 5) is 21.6. The van der Waals surface area contributed by atoms with Gasteiger partial charge in [0.25, 0.3) is 0 Å². The summed E-state index contributed by atoms with van der Waals surface area (Å²) in [5.41, 5.74) is 2.12. The van der Waals surface area contributed by atoms with Crippen LogP contribution >= 0.6 is 23.7 Å². The van der Waals surface area contributed by atoms with Crippen LogP contribution in [0.5, 0.6) is 11.6 Å². The van der Waals surface area contributed by atoms with Crippen molar-refractivity contribution in [3.05, 3.63) is 94.8 Å². The molecule has 4 aromatic rings. The number of ether oxygens (including phenoxy) is 1. The molecule has 2 N–H and O–H groups in total. The van der Waals surface area contributed by atoms with Gasteiger partial charge in [-0.15, -0.1) is 12.4 Å². The number of pyridine rings is 1. The van der Waals surface area contributed by atoms with Crippen LogP contribution in [0.15, 0.2) is 77.6 Å². The first-order valence-corrected chi connectivity index (χ1v) is 16.0. The van der Waals surface area contributed by atoms with E-state index in [1.165, 1.54) is 17.4 Å². The summed E-state index contributed by atoms with van der Waals surface area (Å²) in [6.45, 7) is 2.17. The van der Waals surface area contributed by atoms with Crippen molar-refractivity contribution in [3.63, 3.8) is 0 Å². The summed E-state index contributed by atoms with van der Waals surface area (Å²) in [7, 11) is -3.35. The molecule has 9 nitrogen and oxygen atoms in total. The molecule has 5 rings (SSSR count). The molecule has 0 unspecified atom stereocenters. The zero-order valence-corrected chi connectivity index (χ0v) is 25.5. The van der Waals surface area contributed by atoms with Gasteiger partial charge in [-0.25, -0.2) is 27.0 Å². The van der Waals surface area contributed by atoms with Gasteiger partial charge in [0, 0.05) is 55.1 Å². The molecule has 2 amide bonds. The molecule has 0 radical (unpaired) electrons. The third kappa shape index (κ3) is 8.86. The second-order valence-corrected chi connectivity index (χ2v) is 12.4. The van der Waals surface area contributed by atoms with E-state index < -0.39 is 27.7 Å². The molecule has 0 aliphatic carbocycles. The lowest BCUT2D eigenvalue weighted by molar-refractivity contribution is 0.199. The molecular formula is C29H30ClF2N5O4S2. The summed E-state index contributed by atoms with van der Waals surface area (Å²) in [6, 6.07) is 14.6. The smallest absolute Gasteiger partial charge is 0.326 e. The van der Waals surface area contributed by atoms with Crippen molar-refractivity contribution in [2.45, 2.75) is 25.4 Å². The summed E-state index contributed by atoms with van der Waals surface area (Å²) < 4.78 is 58.4. The fourth-order valence-corrected chi connectivity index (χ4v) is 5.93. The van der Waals surface area contributed by atoms with E-state index in [9.17, 15) is 22.0 Å². The van der Waals surface area contributed by atoms with E-state index in [1.54, 1.807) is 41.4 Å². The molecule has 1 aliphatic rings. The number of thiophene rings is 1. The average Bonchev–Trinajstić information content (AvgIpc) is 3.47. The van der Waals surface area contributed by atoms with E-state index in [1.807, 2.05) is 22.9 Å². The number of urea groups is 1. The number of carbonyl (C=O) groups excluding carboxylic acids is 1. The molecule has 0 bridgehead atoms. The topological polar surface area (TPSA) is 104 Å².